The van der Waals surface area contributed by atoms with Crippen molar-refractivity contribution in [3.8, 4) is 5.00 Å². The first-order valence-electron chi connectivity index (χ1n) is 24.7. The Kier molecular flexibility index (Phi) is 19.6. The molecule has 3 aromatic carbocycles. The molecule has 20 heteroatoms. The summed E-state index contributed by atoms with van der Waals surface area (Å²) in [6.07, 6.45) is 0.557. The second-order valence-corrected chi connectivity index (χ2v) is 22.2. The van der Waals surface area contributed by atoms with Gasteiger partial charge in [0.05, 0.1) is 82.1 Å². The summed E-state index contributed by atoms with van der Waals surface area (Å²) in [5.41, 5.74) is 2.62. The normalized spacial score (nSPS) is 19.9. The Morgan fingerprint density at radius 3 is 2.12 bits per heavy atom. The topological polar surface area (TPSA) is 163 Å². The van der Waals surface area contributed by atoms with Crippen LogP contribution < -0.4 is 16.0 Å². The molecular formula is C54H65Cl3F2N8O6S. The molecule has 3 N–H and O–H groups in total. The third-order valence-electron chi connectivity index (χ3n) is 13.5. The van der Waals surface area contributed by atoms with Gasteiger partial charge in [-0.1, -0.05) is 85.9 Å². The van der Waals surface area contributed by atoms with E-state index >= 15 is 8.78 Å². The van der Waals surface area contributed by atoms with E-state index in [2.05, 4.69) is 72.5 Å². The van der Waals surface area contributed by atoms with Crippen molar-refractivity contribution >= 4 is 70.4 Å². The molecule has 398 valence electrons. The minimum atomic E-state index is -1.29. The van der Waals surface area contributed by atoms with E-state index in [9.17, 15) is 9.59 Å². The maximum Gasteiger partial charge on any atom is 0.237 e. The summed E-state index contributed by atoms with van der Waals surface area (Å²) in [5, 5.41) is 19.9. The smallest absolute Gasteiger partial charge is 0.237 e. The van der Waals surface area contributed by atoms with Gasteiger partial charge in [-0.05, 0) is 93.3 Å². The van der Waals surface area contributed by atoms with Crippen LogP contribution in [0.4, 0.5) is 8.78 Å². The third-order valence-corrected chi connectivity index (χ3v) is 15.5. The van der Waals surface area contributed by atoms with E-state index in [1.165, 1.54) is 17.0 Å². The van der Waals surface area contributed by atoms with Crippen LogP contribution in [0.1, 0.15) is 96.8 Å². The number of hydrogen-bond acceptors (Lipinski definition) is 12. The second-order valence-electron chi connectivity index (χ2n) is 19.7. The van der Waals surface area contributed by atoms with Gasteiger partial charge in [0.2, 0.25) is 11.8 Å². The molecule has 1 saturated heterocycles. The minimum Gasteiger partial charge on any atom is -0.377 e. The first-order chi connectivity index (χ1) is 35.4. The van der Waals surface area contributed by atoms with Crippen LogP contribution in [-0.2, 0) is 34.0 Å². The monoisotopic (exact) mass is 1100 g/mol. The van der Waals surface area contributed by atoms with Crippen LogP contribution in [0.15, 0.2) is 70.6 Å². The van der Waals surface area contributed by atoms with Crippen LogP contribution in [0.2, 0.25) is 15.1 Å². The van der Waals surface area contributed by atoms with Crippen LogP contribution in [0, 0.1) is 37.8 Å². The summed E-state index contributed by atoms with van der Waals surface area (Å²) < 4.78 is 57.3. The van der Waals surface area contributed by atoms with Crippen molar-refractivity contribution in [1.82, 2.24) is 30.7 Å². The summed E-state index contributed by atoms with van der Waals surface area (Å²) in [7, 11) is 0. The van der Waals surface area contributed by atoms with Crippen LogP contribution in [0.3, 0.4) is 0 Å². The van der Waals surface area contributed by atoms with Crippen molar-refractivity contribution in [2.75, 3.05) is 65.9 Å². The first kappa shape index (κ1) is 57.0. The molecule has 6 atom stereocenters. The number of fused-ring (bicyclic) bond motifs is 3. The number of carbonyl (C=O) groups excluding carboxylic acids is 2. The Morgan fingerprint density at radius 1 is 0.878 bits per heavy atom. The molecule has 7 rings (SSSR count). The van der Waals surface area contributed by atoms with Crippen molar-refractivity contribution in [3.05, 3.63) is 132 Å². The fraction of sp³-hybridized carbons (Fsp3) is 0.481. The molecule has 0 saturated carbocycles. The molecule has 2 aliphatic heterocycles. The number of thiophene rings is 1. The van der Waals surface area contributed by atoms with Gasteiger partial charge in [0.1, 0.15) is 28.5 Å². The van der Waals surface area contributed by atoms with Gasteiger partial charge in [-0.25, -0.2) is 8.78 Å². The highest BCUT2D eigenvalue weighted by atomic mass is 35.5. The number of amides is 2. The van der Waals surface area contributed by atoms with Gasteiger partial charge in [0.15, 0.2) is 5.82 Å². The number of carbonyl (C=O) groups is 2. The number of nitrogens with zero attached hydrogens (tertiary/aromatic N) is 5. The maximum atomic E-state index is 16.3. The lowest BCUT2D eigenvalue weighted by atomic mass is 9.58. The van der Waals surface area contributed by atoms with Crippen molar-refractivity contribution < 1.29 is 37.3 Å². The second kappa shape index (κ2) is 25.4. The minimum absolute atomic E-state index is 0.0735. The van der Waals surface area contributed by atoms with Crippen LogP contribution >= 0.6 is 46.1 Å². The van der Waals surface area contributed by atoms with Crippen LogP contribution in [-0.4, -0.2) is 123 Å². The van der Waals surface area contributed by atoms with Crippen molar-refractivity contribution in [2.24, 2.45) is 15.4 Å². The van der Waals surface area contributed by atoms with Gasteiger partial charge in [0, 0.05) is 56.5 Å². The lowest BCUT2D eigenvalue weighted by molar-refractivity contribution is -0.123. The van der Waals surface area contributed by atoms with Gasteiger partial charge >= 0.3 is 0 Å². The van der Waals surface area contributed by atoms with Gasteiger partial charge in [0.25, 0.3) is 0 Å². The van der Waals surface area contributed by atoms with Gasteiger partial charge in [-0.15, -0.1) is 21.5 Å². The van der Waals surface area contributed by atoms with E-state index < -0.39 is 53.0 Å². The highest BCUT2D eigenvalue weighted by Crippen LogP contribution is 2.55. The number of nitrogens with one attached hydrogen (secondary N) is 3. The summed E-state index contributed by atoms with van der Waals surface area (Å²) in [6.45, 7) is 20.7. The summed E-state index contributed by atoms with van der Waals surface area (Å²) in [5.74, 6) is -1.53. The number of benzene rings is 3. The van der Waals surface area contributed by atoms with Crippen molar-refractivity contribution in [1.29, 1.82) is 0 Å². The summed E-state index contributed by atoms with van der Waals surface area (Å²) in [4.78, 5) is 38.3. The first-order valence-corrected chi connectivity index (χ1v) is 26.6. The molecule has 0 aliphatic carbocycles. The van der Waals surface area contributed by atoms with Crippen LogP contribution in [0.25, 0.3) is 5.00 Å². The molecular weight excluding hydrogens is 1030 g/mol. The number of aliphatic imine (C=N–C) groups is 2. The lowest BCUT2D eigenvalue weighted by Gasteiger charge is -2.45. The summed E-state index contributed by atoms with van der Waals surface area (Å²) >= 11 is 20.5. The zero-order chi connectivity index (χ0) is 53.3. The summed E-state index contributed by atoms with van der Waals surface area (Å²) in [6, 6.07) is 13.8. The third kappa shape index (κ3) is 12.9. The zero-order valence-corrected chi connectivity index (χ0v) is 45.9. The largest absolute Gasteiger partial charge is 0.377 e. The molecule has 2 amide bonds. The molecule has 74 heavy (non-hydrogen) atoms. The number of halogens is 5. The van der Waals surface area contributed by atoms with Gasteiger partial charge < -0.3 is 34.9 Å². The molecule has 0 bridgehead atoms. The Balaban J connectivity index is 0.818. The molecule has 14 nitrogen and oxygen atoms in total. The molecule has 4 heterocycles. The number of aryl methyl sites for hydroxylation is 2. The molecule has 0 spiro atoms. The predicted octanol–water partition coefficient (Wildman–Crippen LogP) is 9.66. The Hall–Kier alpha value is -4.69. The molecule has 5 aromatic rings. The van der Waals surface area contributed by atoms with Crippen LogP contribution in [0.5, 0.6) is 0 Å². The molecule has 2 aromatic heterocycles. The molecule has 0 radical (unpaired) electrons. The maximum absolute atomic E-state index is 16.3. The zero-order valence-electron chi connectivity index (χ0n) is 42.8. The fourth-order valence-electron chi connectivity index (χ4n) is 10.1. The average Bonchev–Trinajstić information content (AvgIpc) is 3.97. The predicted molar refractivity (Wildman–Crippen MR) is 288 cm³/mol. The standard InChI is InChI=1S/C54H65Cl3F2N8O6S/c1-31-32(2)74-52-45(31)48(35-12-14-36(55)15-13-35)63-42(50-66-65-34(4)67(50)52)29-44(68)61-18-20-70-22-24-72-26-27-73-25-23-71-21-19-62-51(69)49-46(38-10-9-11-40(57)47(38)59)54(33(3)60-8,43(64-49)30-53(5,6)7)39-17-16-37(56)28-41(39)58/h9-17,28,33,42-43,46,49,64H,8,18-27,29-30H2,1-7H3,(H,61,68)(H,62,69)/t33-,42-,43?,46?,49?,54-/m0/s1. The van der Waals surface area contributed by atoms with E-state index in [0.29, 0.717) is 63.5 Å². The van der Waals surface area contributed by atoms with Gasteiger partial charge in [-0.3, -0.25) is 24.1 Å². The average molecular weight is 1100 g/mol. The Labute approximate surface area is 451 Å². The number of rotatable bonds is 24. The van der Waals surface area contributed by atoms with Gasteiger partial charge in [-0.2, -0.15) is 0 Å². The van der Waals surface area contributed by atoms with E-state index in [0.717, 1.165) is 33.2 Å². The molecule has 2 aliphatic rings. The fourth-order valence-corrected chi connectivity index (χ4v) is 11.8. The number of ether oxygens (including phenoxy) is 4. The quantitative estimate of drug-likeness (QED) is 0.0404. The van der Waals surface area contributed by atoms with E-state index in [-0.39, 0.29) is 58.7 Å². The molecule has 3 unspecified atom stereocenters. The van der Waals surface area contributed by atoms with Crippen molar-refractivity contribution in [3.63, 3.8) is 0 Å². The molecule has 1 fully saturated rings. The highest BCUT2D eigenvalue weighted by molar-refractivity contribution is 7.15. The Bertz CT molecular complexity index is 2810. The number of aromatic nitrogens is 3. The number of hydrogen-bond donors (Lipinski definition) is 3. The lowest BCUT2D eigenvalue weighted by Crippen LogP contribution is -2.52. The van der Waals surface area contributed by atoms with E-state index in [1.807, 2.05) is 42.7 Å². The SMILES string of the molecule is C=N[C@@H](C)[C@]1(c2ccc(Cl)cc2F)C(CC(C)(C)C)NC(C(=O)NCCOCCOCCOCCOCCNC(=O)C[C@@H]2N=C(c3ccc(Cl)cc3)c3c(sc(C)c3C)-n3c(C)nnc32)C1c1cccc(Cl)c1F. The Morgan fingerprint density at radius 2 is 1.50 bits per heavy atom. The van der Waals surface area contributed by atoms with E-state index in [1.54, 1.807) is 35.6 Å². The van der Waals surface area contributed by atoms with Crippen molar-refractivity contribution in [2.45, 2.75) is 96.8 Å². The highest BCUT2D eigenvalue weighted by Gasteiger charge is 2.62. The van der Waals surface area contributed by atoms with E-state index in [4.69, 9.17) is 58.7 Å².